The van der Waals surface area contributed by atoms with E-state index in [1.165, 1.54) is 0 Å². The zero-order chi connectivity index (χ0) is 15.9. The van der Waals surface area contributed by atoms with Gasteiger partial charge in [-0.15, -0.1) is 0 Å². The summed E-state index contributed by atoms with van der Waals surface area (Å²) in [5.74, 6) is -0.0878. The molecule has 1 aromatic heterocycles. The fourth-order valence-electron chi connectivity index (χ4n) is 1.99. The number of aromatic nitrogens is 1. The molecule has 22 heavy (non-hydrogen) atoms. The summed E-state index contributed by atoms with van der Waals surface area (Å²) in [6.45, 7) is 0. The Morgan fingerprint density at radius 2 is 1.86 bits per heavy atom. The van der Waals surface area contributed by atoms with E-state index in [-0.39, 0.29) is 11.8 Å². The predicted octanol–water partition coefficient (Wildman–Crippen LogP) is 2.35. The van der Waals surface area contributed by atoms with Crippen molar-refractivity contribution in [1.29, 1.82) is 0 Å². The molecule has 0 saturated heterocycles. The summed E-state index contributed by atoms with van der Waals surface area (Å²) in [6, 6.07) is 10.9. The van der Waals surface area contributed by atoms with Crippen LogP contribution in [0, 0.1) is 0 Å². The molecule has 5 heteroatoms. The maximum absolute atomic E-state index is 12.1. The average molecular weight is 297 g/mol. The Morgan fingerprint density at radius 3 is 2.55 bits per heavy atom. The number of carbonyl (C=O) groups excluding carboxylic acids is 2. The van der Waals surface area contributed by atoms with Crippen molar-refractivity contribution < 1.29 is 9.59 Å². The number of hydrogen-bond donors (Lipinski definition) is 1. The van der Waals surface area contributed by atoms with Crippen LogP contribution >= 0.6 is 0 Å². The quantitative estimate of drug-likeness (QED) is 0.921. The van der Waals surface area contributed by atoms with Gasteiger partial charge in [0.05, 0.1) is 0 Å². The molecule has 0 fully saturated rings. The minimum Gasteiger partial charge on any atom is -0.349 e. The highest BCUT2D eigenvalue weighted by molar-refractivity contribution is 6.04. The Morgan fingerprint density at radius 1 is 1.14 bits per heavy atom. The number of pyridine rings is 1. The van der Waals surface area contributed by atoms with Crippen LogP contribution in [0.1, 0.15) is 22.3 Å². The molecule has 2 amide bonds. The predicted molar refractivity (Wildman–Crippen MR) is 85.6 cm³/mol. The number of hydrogen-bond acceptors (Lipinski definition) is 3. The molecule has 2 aromatic rings. The van der Waals surface area contributed by atoms with Crippen LogP contribution < -0.4 is 5.32 Å². The van der Waals surface area contributed by atoms with Crippen LogP contribution in [0.2, 0.25) is 0 Å². The molecule has 5 nitrogen and oxygen atoms in total. The molecule has 0 saturated carbocycles. The van der Waals surface area contributed by atoms with E-state index in [1.807, 2.05) is 24.3 Å². The third-order valence-corrected chi connectivity index (χ3v) is 3.25. The molecule has 114 valence electrons. The van der Waals surface area contributed by atoms with Crippen LogP contribution in [0.25, 0.3) is 0 Å². The van der Waals surface area contributed by atoms with Gasteiger partial charge in [-0.1, -0.05) is 12.1 Å². The lowest BCUT2D eigenvalue weighted by Crippen LogP contribution is -2.21. The zero-order valence-electron chi connectivity index (χ0n) is 12.7. The first-order chi connectivity index (χ1) is 10.6. The van der Waals surface area contributed by atoms with E-state index < -0.39 is 0 Å². The van der Waals surface area contributed by atoms with Gasteiger partial charge in [0.15, 0.2) is 0 Å². The number of nitrogens with one attached hydrogen (secondary N) is 1. The molecule has 0 aliphatic carbocycles. The van der Waals surface area contributed by atoms with Gasteiger partial charge >= 0.3 is 0 Å². The lowest BCUT2D eigenvalue weighted by atomic mass is 10.1. The normalized spacial score (nSPS) is 10.1. The molecule has 1 heterocycles. The lowest BCUT2D eigenvalue weighted by Gasteiger charge is -2.11. The molecule has 0 unspecified atom stereocenters. The Balaban J connectivity index is 1.99. The summed E-state index contributed by atoms with van der Waals surface area (Å²) in [7, 11) is 3.49. The van der Waals surface area contributed by atoms with E-state index in [0.717, 1.165) is 11.3 Å². The van der Waals surface area contributed by atoms with Crippen molar-refractivity contribution in [2.24, 2.45) is 0 Å². The van der Waals surface area contributed by atoms with Crippen molar-refractivity contribution >= 4 is 17.5 Å². The third kappa shape index (κ3) is 4.41. The molecule has 0 bridgehead atoms. The van der Waals surface area contributed by atoms with E-state index in [2.05, 4.69) is 10.3 Å². The van der Waals surface area contributed by atoms with Crippen molar-refractivity contribution in [1.82, 2.24) is 9.88 Å². The topological polar surface area (TPSA) is 62.3 Å². The first-order valence-electron chi connectivity index (χ1n) is 7.07. The van der Waals surface area contributed by atoms with Crippen LogP contribution in [-0.2, 0) is 11.2 Å². The summed E-state index contributed by atoms with van der Waals surface area (Å²) in [4.78, 5) is 29.2. The van der Waals surface area contributed by atoms with Crippen molar-refractivity contribution in [2.45, 2.75) is 12.8 Å². The standard InChI is InChI=1S/C17H19N3O2/c1-20(2)16(21)7-6-13-4-3-5-15(12-13)19-17(22)14-8-10-18-11-9-14/h3-5,8-12H,6-7H2,1-2H3,(H,19,22). The second kappa shape index (κ2) is 7.36. The highest BCUT2D eigenvalue weighted by atomic mass is 16.2. The molecule has 0 spiro atoms. The zero-order valence-corrected chi connectivity index (χ0v) is 12.7. The second-order valence-electron chi connectivity index (χ2n) is 5.18. The number of benzene rings is 1. The largest absolute Gasteiger partial charge is 0.349 e. The van der Waals surface area contributed by atoms with Gasteiger partial charge in [0, 0.05) is 44.2 Å². The van der Waals surface area contributed by atoms with Crippen LogP contribution in [0.3, 0.4) is 0 Å². The Labute approximate surface area is 130 Å². The van der Waals surface area contributed by atoms with E-state index in [4.69, 9.17) is 0 Å². The van der Waals surface area contributed by atoms with Gasteiger partial charge in [0.1, 0.15) is 0 Å². The summed E-state index contributed by atoms with van der Waals surface area (Å²) >= 11 is 0. The number of aryl methyl sites for hydroxylation is 1. The number of rotatable bonds is 5. The van der Waals surface area contributed by atoms with Crippen LogP contribution in [0.5, 0.6) is 0 Å². The smallest absolute Gasteiger partial charge is 0.255 e. The van der Waals surface area contributed by atoms with Crippen molar-refractivity contribution in [3.8, 4) is 0 Å². The molecule has 0 aliphatic rings. The molecule has 1 aromatic carbocycles. The van der Waals surface area contributed by atoms with Gasteiger partial charge in [-0.3, -0.25) is 14.6 Å². The third-order valence-electron chi connectivity index (χ3n) is 3.25. The number of carbonyl (C=O) groups is 2. The maximum Gasteiger partial charge on any atom is 0.255 e. The average Bonchev–Trinajstić information content (AvgIpc) is 2.53. The van der Waals surface area contributed by atoms with Gasteiger partial charge in [-0.2, -0.15) is 0 Å². The molecular formula is C17H19N3O2. The monoisotopic (exact) mass is 297 g/mol. The molecule has 2 rings (SSSR count). The summed E-state index contributed by atoms with van der Waals surface area (Å²) in [5.41, 5.74) is 2.29. The lowest BCUT2D eigenvalue weighted by molar-refractivity contribution is -0.128. The highest BCUT2D eigenvalue weighted by Crippen LogP contribution is 2.14. The van der Waals surface area contributed by atoms with Crippen molar-refractivity contribution in [3.63, 3.8) is 0 Å². The summed E-state index contributed by atoms with van der Waals surface area (Å²) < 4.78 is 0. The number of anilines is 1. The molecule has 0 radical (unpaired) electrons. The van der Waals surface area contributed by atoms with Gasteiger partial charge in [0.25, 0.3) is 5.91 Å². The first kappa shape index (κ1) is 15.7. The van der Waals surface area contributed by atoms with Crippen LogP contribution in [0.15, 0.2) is 48.8 Å². The second-order valence-corrected chi connectivity index (χ2v) is 5.18. The highest BCUT2D eigenvalue weighted by Gasteiger charge is 2.07. The number of amides is 2. The Kier molecular flexibility index (Phi) is 5.25. The van der Waals surface area contributed by atoms with E-state index in [9.17, 15) is 9.59 Å². The SMILES string of the molecule is CN(C)C(=O)CCc1cccc(NC(=O)c2ccncc2)c1. The van der Waals surface area contributed by atoms with E-state index >= 15 is 0 Å². The van der Waals surface area contributed by atoms with Crippen LogP contribution in [-0.4, -0.2) is 35.8 Å². The molecular weight excluding hydrogens is 278 g/mol. The minimum atomic E-state index is -0.177. The van der Waals surface area contributed by atoms with Crippen molar-refractivity contribution in [3.05, 3.63) is 59.9 Å². The fourth-order valence-corrected chi connectivity index (χ4v) is 1.99. The van der Waals surface area contributed by atoms with Gasteiger partial charge in [0.2, 0.25) is 5.91 Å². The van der Waals surface area contributed by atoms with Crippen LogP contribution in [0.4, 0.5) is 5.69 Å². The van der Waals surface area contributed by atoms with Gasteiger partial charge in [-0.25, -0.2) is 0 Å². The minimum absolute atomic E-state index is 0.0891. The van der Waals surface area contributed by atoms with E-state index in [0.29, 0.717) is 18.4 Å². The molecule has 0 atom stereocenters. The van der Waals surface area contributed by atoms with E-state index in [1.54, 1.807) is 43.5 Å². The van der Waals surface area contributed by atoms with Crippen molar-refractivity contribution in [2.75, 3.05) is 19.4 Å². The van der Waals surface area contributed by atoms with Gasteiger partial charge in [-0.05, 0) is 36.2 Å². The summed E-state index contributed by atoms with van der Waals surface area (Å²) in [5, 5.41) is 2.85. The fraction of sp³-hybridized carbons (Fsp3) is 0.235. The first-order valence-corrected chi connectivity index (χ1v) is 7.07. The molecule has 0 aliphatic heterocycles. The Hall–Kier alpha value is -2.69. The number of nitrogens with zero attached hydrogens (tertiary/aromatic N) is 2. The molecule has 1 N–H and O–H groups in total. The van der Waals surface area contributed by atoms with Gasteiger partial charge < -0.3 is 10.2 Å². The maximum atomic E-state index is 12.1. The Bertz CT molecular complexity index is 654. The summed E-state index contributed by atoms with van der Waals surface area (Å²) in [6.07, 6.45) is 4.27.